The van der Waals surface area contributed by atoms with Crippen molar-refractivity contribution in [1.82, 2.24) is 0 Å². The number of benzene rings is 2. The van der Waals surface area contributed by atoms with E-state index in [4.69, 9.17) is 10.5 Å². The van der Waals surface area contributed by atoms with Gasteiger partial charge in [0, 0.05) is 28.9 Å². The van der Waals surface area contributed by atoms with Crippen LogP contribution in [0.5, 0.6) is 0 Å². The molecule has 0 saturated carbocycles. The van der Waals surface area contributed by atoms with Gasteiger partial charge in [-0.25, -0.2) is 4.79 Å². The Labute approximate surface area is 191 Å². The third kappa shape index (κ3) is 2.65. The molecule has 2 aliphatic heterocycles. The number of anilines is 2. The SMILES string of the molecule is COC(=O)C1=C(N)N(c2cccc(C)c2C)C2=C(C(=O)CCC2)C12C(=O)Nc1ccccc12. The van der Waals surface area contributed by atoms with Gasteiger partial charge in [-0.3, -0.25) is 14.5 Å². The Morgan fingerprint density at radius 1 is 1.09 bits per heavy atom. The number of amides is 1. The van der Waals surface area contributed by atoms with Gasteiger partial charge in [-0.1, -0.05) is 30.3 Å². The fraction of sp³-hybridized carbons (Fsp3) is 0.269. The molecule has 1 atom stereocenters. The van der Waals surface area contributed by atoms with E-state index < -0.39 is 17.3 Å². The van der Waals surface area contributed by atoms with E-state index in [0.717, 1.165) is 16.8 Å². The van der Waals surface area contributed by atoms with Crippen LogP contribution in [0.1, 0.15) is 36.0 Å². The van der Waals surface area contributed by atoms with E-state index in [9.17, 15) is 14.4 Å². The van der Waals surface area contributed by atoms with Gasteiger partial charge in [0.2, 0.25) is 5.91 Å². The number of Topliss-reactive ketones (excluding diaryl/α,β-unsaturated/α-hetero) is 1. The number of carbonyl (C=O) groups is 3. The monoisotopic (exact) mass is 443 g/mol. The zero-order valence-corrected chi connectivity index (χ0v) is 18.8. The maximum absolute atomic E-state index is 13.7. The Balaban J connectivity index is 1.93. The van der Waals surface area contributed by atoms with E-state index in [2.05, 4.69) is 5.32 Å². The largest absolute Gasteiger partial charge is 0.466 e. The number of nitrogens with two attached hydrogens (primary N) is 1. The Bertz CT molecular complexity index is 1310. The lowest BCUT2D eigenvalue weighted by Gasteiger charge is -2.44. The van der Waals surface area contributed by atoms with Gasteiger partial charge >= 0.3 is 5.97 Å². The van der Waals surface area contributed by atoms with Gasteiger partial charge in [-0.15, -0.1) is 0 Å². The van der Waals surface area contributed by atoms with Crippen molar-refractivity contribution in [2.75, 3.05) is 17.3 Å². The van der Waals surface area contributed by atoms with Crippen molar-refractivity contribution in [1.29, 1.82) is 0 Å². The molecule has 7 heteroatoms. The fourth-order valence-corrected chi connectivity index (χ4v) is 5.42. The number of nitrogens with one attached hydrogen (secondary N) is 1. The second-order valence-electron chi connectivity index (χ2n) is 8.65. The fourth-order valence-electron chi connectivity index (χ4n) is 5.42. The summed E-state index contributed by atoms with van der Waals surface area (Å²) in [5.41, 5.74) is 9.96. The van der Waals surface area contributed by atoms with Gasteiger partial charge in [0.05, 0.1) is 12.8 Å². The van der Waals surface area contributed by atoms with E-state index in [-0.39, 0.29) is 17.2 Å². The van der Waals surface area contributed by atoms with Crippen LogP contribution in [0.25, 0.3) is 0 Å². The first-order chi connectivity index (χ1) is 15.8. The summed E-state index contributed by atoms with van der Waals surface area (Å²) in [5, 5.41) is 2.87. The summed E-state index contributed by atoms with van der Waals surface area (Å²) < 4.78 is 5.15. The Morgan fingerprint density at radius 2 is 1.85 bits per heavy atom. The Morgan fingerprint density at radius 3 is 2.61 bits per heavy atom. The van der Waals surface area contributed by atoms with Crippen LogP contribution < -0.4 is 16.0 Å². The molecule has 0 fully saturated rings. The molecule has 0 bridgehead atoms. The van der Waals surface area contributed by atoms with Crippen molar-refractivity contribution in [3.05, 3.63) is 81.8 Å². The number of aryl methyl sites for hydroxylation is 1. The van der Waals surface area contributed by atoms with Crippen LogP contribution in [0.15, 0.2) is 65.1 Å². The molecule has 168 valence electrons. The Kier molecular flexibility index (Phi) is 4.67. The molecule has 5 rings (SSSR count). The number of ether oxygens (including phenoxy) is 1. The first-order valence-corrected chi connectivity index (χ1v) is 11.0. The number of carbonyl (C=O) groups excluding carboxylic acids is 3. The second kappa shape index (κ2) is 7.33. The molecular formula is C26H25N3O4. The number of methoxy groups -OCH3 is 1. The molecule has 0 saturated heterocycles. The molecule has 3 N–H and O–H groups in total. The highest BCUT2D eigenvalue weighted by Gasteiger charge is 2.61. The minimum absolute atomic E-state index is 0.0256. The number of ketones is 1. The summed E-state index contributed by atoms with van der Waals surface area (Å²) in [6.07, 6.45) is 1.49. The zero-order chi connectivity index (χ0) is 23.5. The van der Waals surface area contributed by atoms with Crippen molar-refractivity contribution in [3.8, 4) is 0 Å². The molecular weight excluding hydrogens is 418 g/mol. The number of hydrogen-bond acceptors (Lipinski definition) is 6. The molecule has 2 aromatic carbocycles. The van der Waals surface area contributed by atoms with Crippen molar-refractivity contribution >= 4 is 29.0 Å². The van der Waals surface area contributed by atoms with Crippen LogP contribution in [0, 0.1) is 13.8 Å². The normalized spacial score (nSPS) is 21.8. The highest BCUT2D eigenvalue weighted by atomic mass is 16.5. The summed E-state index contributed by atoms with van der Waals surface area (Å²) >= 11 is 0. The third-order valence-corrected chi connectivity index (χ3v) is 7.03. The van der Waals surface area contributed by atoms with Crippen LogP contribution in [0.3, 0.4) is 0 Å². The minimum atomic E-state index is -1.64. The summed E-state index contributed by atoms with van der Waals surface area (Å²) in [6.45, 7) is 3.97. The van der Waals surface area contributed by atoms with Gasteiger partial charge in [0.25, 0.3) is 0 Å². The standard InChI is InChI=1S/C26H25N3O4/c1-14-8-6-11-18(15(14)2)29-19-12-7-13-20(30)21(19)26(22(23(29)27)24(31)33-3)16-9-4-5-10-17(16)28-25(26)32/h4-6,8-11H,7,12-13,27H2,1-3H3,(H,28,32). The van der Waals surface area contributed by atoms with Crippen LogP contribution in [0.4, 0.5) is 11.4 Å². The van der Waals surface area contributed by atoms with E-state index in [1.54, 1.807) is 29.2 Å². The summed E-state index contributed by atoms with van der Waals surface area (Å²) in [5.74, 6) is -1.25. The maximum Gasteiger partial charge on any atom is 0.339 e. The molecule has 1 aliphatic carbocycles. The lowest BCUT2D eigenvalue weighted by Crippen LogP contribution is -2.53. The van der Waals surface area contributed by atoms with Crippen molar-refractivity contribution in [2.45, 2.75) is 38.5 Å². The predicted octanol–water partition coefficient (Wildman–Crippen LogP) is 3.36. The molecule has 0 radical (unpaired) electrons. The predicted molar refractivity (Wildman–Crippen MR) is 124 cm³/mol. The highest BCUT2D eigenvalue weighted by molar-refractivity contribution is 6.23. The molecule has 1 unspecified atom stereocenters. The Hall–Kier alpha value is -3.87. The van der Waals surface area contributed by atoms with Gasteiger partial charge in [-0.05, 0) is 49.9 Å². The van der Waals surface area contributed by atoms with E-state index >= 15 is 0 Å². The van der Waals surface area contributed by atoms with Crippen LogP contribution in [-0.4, -0.2) is 24.8 Å². The number of fused-ring (bicyclic) bond motifs is 3. The first-order valence-electron chi connectivity index (χ1n) is 11.0. The number of allylic oxidation sites excluding steroid dienone is 1. The summed E-state index contributed by atoms with van der Waals surface area (Å²) in [4.78, 5) is 42.4. The third-order valence-electron chi connectivity index (χ3n) is 7.03. The maximum atomic E-state index is 13.7. The van der Waals surface area contributed by atoms with Gasteiger partial charge in [0.1, 0.15) is 16.8 Å². The molecule has 33 heavy (non-hydrogen) atoms. The molecule has 0 aromatic heterocycles. The topological polar surface area (TPSA) is 102 Å². The smallest absolute Gasteiger partial charge is 0.339 e. The summed E-state index contributed by atoms with van der Waals surface area (Å²) in [6, 6.07) is 12.9. The second-order valence-corrected chi connectivity index (χ2v) is 8.65. The molecule has 7 nitrogen and oxygen atoms in total. The lowest BCUT2D eigenvalue weighted by atomic mass is 9.63. The number of para-hydroxylation sites is 1. The van der Waals surface area contributed by atoms with Crippen molar-refractivity contribution in [2.24, 2.45) is 5.73 Å². The lowest BCUT2D eigenvalue weighted by molar-refractivity contribution is -0.138. The minimum Gasteiger partial charge on any atom is -0.466 e. The molecule has 2 aromatic rings. The van der Waals surface area contributed by atoms with E-state index in [0.29, 0.717) is 41.8 Å². The molecule has 1 spiro atoms. The first kappa shape index (κ1) is 21.0. The molecule has 1 amide bonds. The number of esters is 1. The van der Waals surface area contributed by atoms with E-state index in [1.165, 1.54) is 7.11 Å². The number of nitrogens with zero attached hydrogens (tertiary/aromatic N) is 1. The summed E-state index contributed by atoms with van der Waals surface area (Å²) in [7, 11) is 1.25. The van der Waals surface area contributed by atoms with Gasteiger partial charge < -0.3 is 15.8 Å². The average Bonchev–Trinajstić information content (AvgIpc) is 3.08. The number of hydrogen-bond donors (Lipinski definition) is 2. The van der Waals surface area contributed by atoms with Crippen LogP contribution in [0.2, 0.25) is 0 Å². The quantitative estimate of drug-likeness (QED) is 0.690. The number of rotatable bonds is 2. The van der Waals surface area contributed by atoms with Crippen molar-refractivity contribution < 1.29 is 19.1 Å². The zero-order valence-electron chi connectivity index (χ0n) is 18.8. The average molecular weight is 444 g/mol. The molecule has 3 aliphatic rings. The highest BCUT2D eigenvalue weighted by Crippen LogP contribution is 2.55. The van der Waals surface area contributed by atoms with E-state index in [1.807, 2.05) is 32.0 Å². The van der Waals surface area contributed by atoms with Gasteiger partial charge in [0.15, 0.2) is 5.78 Å². The van der Waals surface area contributed by atoms with Crippen molar-refractivity contribution in [3.63, 3.8) is 0 Å². The van der Waals surface area contributed by atoms with Crippen LogP contribution >= 0.6 is 0 Å². The van der Waals surface area contributed by atoms with Gasteiger partial charge in [-0.2, -0.15) is 0 Å². The van der Waals surface area contributed by atoms with Crippen LogP contribution in [-0.2, 0) is 24.5 Å². The molecule has 2 heterocycles.